The molecule has 1 aromatic carbocycles. The molecule has 1 heterocycles. The Labute approximate surface area is 99.3 Å². The first-order valence-corrected chi connectivity index (χ1v) is 5.67. The minimum atomic E-state index is -0.236. The molecule has 0 saturated heterocycles. The minimum Gasteiger partial charge on any atom is -0.253 e. The van der Waals surface area contributed by atoms with Gasteiger partial charge >= 0.3 is 0 Å². The maximum Gasteiger partial charge on any atom is 0.128 e. The first-order valence-electron chi connectivity index (χ1n) is 5.29. The standard InChI is InChI=1S/C13H13ClFN/c1-4-9-8(3)16-12-6-11(15)7(2)5-10(12)13(9)14/h5-6H,4H2,1-3H3. The number of hydrogen-bond donors (Lipinski definition) is 0. The van der Waals surface area contributed by atoms with Crippen LogP contribution >= 0.6 is 11.6 Å². The third kappa shape index (κ3) is 1.67. The average molecular weight is 238 g/mol. The summed E-state index contributed by atoms with van der Waals surface area (Å²) in [5.74, 6) is -0.236. The molecule has 0 spiro atoms. The van der Waals surface area contributed by atoms with E-state index in [9.17, 15) is 4.39 Å². The Morgan fingerprint density at radius 1 is 1.31 bits per heavy atom. The Morgan fingerprint density at radius 2 is 2.00 bits per heavy atom. The fraction of sp³-hybridized carbons (Fsp3) is 0.308. The van der Waals surface area contributed by atoms with Crippen molar-refractivity contribution in [3.63, 3.8) is 0 Å². The predicted octanol–water partition coefficient (Wildman–Crippen LogP) is 4.21. The number of fused-ring (bicyclic) bond motifs is 1. The average Bonchev–Trinajstić information content (AvgIpc) is 2.22. The first-order chi connectivity index (χ1) is 7.54. The summed E-state index contributed by atoms with van der Waals surface area (Å²) in [6.45, 7) is 5.68. The third-order valence-electron chi connectivity index (χ3n) is 2.86. The molecule has 2 rings (SSSR count). The highest BCUT2D eigenvalue weighted by Crippen LogP contribution is 2.30. The summed E-state index contributed by atoms with van der Waals surface area (Å²) in [7, 11) is 0. The van der Waals surface area contributed by atoms with Crippen molar-refractivity contribution in [2.75, 3.05) is 0 Å². The molecule has 1 aromatic heterocycles. The normalized spacial score (nSPS) is 11.1. The number of rotatable bonds is 1. The number of nitrogens with zero attached hydrogens (tertiary/aromatic N) is 1. The van der Waals surface area contributed by atoms with E-state index in [-0.39, 0.29) is 5.82 Å². The molecule has 0 atom stereocenters. The van der Waals surface area contributed by atoms with Crippen LogP contribution in [0, 0.1) is 19.7 Å². The maximum absolute atomic E-state index is 13.4. The number of halogens is 2. The van der Waals surface area contributed by atoms with Gasteiger partial charge < -0.3 is 0 Å². The van der Waals surface area contributed by atoms with Crippen molar-refractivity contribution in [1.82, 2.24) is 4.98 Å². The van der Waals surface area contributed by atoms with Gasteiger partial charge in [-0.1, -0.05) is 18.5 Å². The van der Waals surface area contributed by atoms with Gasteiger partial charge in [-0.3, -0.25) is 4.98 Å². The van der Waals surface area contributed by atoms with Crippen molar-refractivity contribution in [1.29, 1.82) is 0 Å². The Hall–Kier alpha value is -1.15. The van der Waals surface area contributed by atoms with Crippen molar-refractivity contribution in [2.45, 2.75) is 27.2 Å². The number of pyridine rings is 1. The summed E-state index contributed by atoms with van der Waals surface area (Å²) in [6, 6.07) is 3.21. The lowest BCUT2D eigenvalue weighted by atomic mass is 10.1. The van der Waals surface area contributed by atoms with Crippen molar-refractivity contribution in [3.05, 3.63) is 39.8 Å². The van der Waals surface area contributed by atoms with Gasteiger partial charge in [0.2, 0.25) is 0 Å². The van der Waals surface area contributed by atoms with Gasteiger partial charge in [-0.05, 0) is 37.5 Å². The highest BCUT2D eigenvalue weighted by Gasteiger charge is 2.11. The second-order valence-electron chi connectivity index (χ2n) is 3.96. The largest absolute Gasteiger partial charge is 0.253 e. The Bertz CT molecular complexity index is 564. The molecule has 84 valence electrons. The van der Waals surface area contributed by atoms with Gasteiger partial charge in [0, 0.05) is 17.1 Å². The number of hydrogen-bond acceptors (Lipinski definition) is 1. The molecule has 0 saturated carbocycles. The van der Waals surface area contributed by atoms with Crippen molar-refractivity contribution in [2.24, 2.45) is 0 Å². The van der Waals surface area contributed by atoms with Crippen LogP contribution in [0.1, 0.15) is 23.7 Å². The smallest absolute Gasteiger partial charge is 0.128 e. The van der Waals surface area contributed by atoms with E-state index in [1.54, 1.807) is 13.0 Å². The molecule has 0 aliphatic carbocycles. The van der Waals surface area contributed by atoms with E-state index in [1.807, 2.05) is 13.8 Å². The summed E-state index contributed by atoms with van der Waals surface area (Å²) in [4.78, 5) is 4.38. The summed E-state index contributed by atoms with van der Waals surface area (Å²) < 4.78 is 13.4. The molecule has 1 nitrogen and oxygen atoms in total. The number of aromatic nitrogens is 1. The monoisotopic (exact) mass is 237 g/mol. The van der Waals surface area contributed by atoms with Crippen molar-refractivity contribution >= 4 is 22.5 Å². The molecule has 3 heteroatoms. The van der Waals surface area contributed by atoms with Crippen LogP contribution in [-0.4, -0.2) is 4.98 Å². The zero-order valence-electron chi connectivity index (χ0n) is 9.56. The third-order valence-corrected chi connectivity index (χ3v) is 3.29. The summed E-state index contributed by atoms with van der Waals surface area (Å²) in [6.07, 6.45) is 0.837. The highest BCUT2D eigenvalue weighted by molar-refractivity contribution is 6.36. The molecule has 0 aliphatic heterocycles. The van der Waals surface area contributed by atoms with Gasteiger partial charge in [-0.2, -0.15) is 0 Å². The molecule has 0 bridgehead atoms. The molecular weight excluding hydrogens is 225 g/mol. The van der Waals surface area contributed by atoms with Gasteiger partial charge in [-0.25, -0.2) is 4.39 Å². The lowest BCUT2D eigenvalue weighted by molar-refractivity contribution is 0.620. The molecule has 0 radical (unpaired) electrons. The van der Waals surface area contributed by atoms with Crippen LogP contribution in [0.3, 0.4) is 0 Å². The van der Waals surface area contributed by atoms with Crippen molar-refractivity contribution < 1.29 is 4.39 Å². The zero-order valence-corrected chi connectivity index (χ0v) is 10.3. The van der Waals surface area contributed by atoms with Crippen LogP contribution in [0.5, 0.6) is 0 Å². The molecule has 2 aromatic rings. The molecule has 0 fully saturated rings. The molecule has 0 aliphatic rings. The maximum atomic E-state index is 13.4. The minimum absolute atomic E-state index is 0.236. The van der Waals surface area contributed by atoms with Crippen molar-refractivity contribution in [3.8, 4) is 0 Å². The molecule has 0 N–H and O–H groups in total. The lowest BCUT2D eigenvalue weighted by Gasteiger charge is -2.10. The zero-order chi connectivity index (χ0) is 11.9. The van der Waals surface area contributed by atoms with Gasteiger partial charge in [-0.15, -0.1) is 0 Å². The van der Waals surface area contributed by atoms with E-state index in [0.717, 1.165) is 23.1 Å². The predicted molar refractivity (Wildman–Crippen MR) is 65.6 cm³/mol. The Kier molecular flexibility index (Phi) is 2.85. The summed E-state index contributed by atoms with van der Waals surface area (Å²) in [5, 5.41) is 1.54. The highest BCUT2D eigenvalue weighted by atomic mass is 35.5. The fourth-order valence-corrected chi connectivity index (χ4v) is 2.34. The second kappa shape index (κ2) is 4.02. The van der Waals surface area contributed by atoms with Crippen LogP contribution in [0.4, 0.5) is 4.39 Å². The molecule has 0 amide bonds. The van der Waals surface area contributed by atoms with Gasteiger partial charge in [0.25, 0.3) is 0 Å². The fourth-order valence-electron chi connectivity index (χ4n) is 1.92. The SMILES string of the molecule is CCc1c(C)nc2cc(F)c(C)cc2c1Cl. The number of benzene rings is 1. The van der Waals surface area contributed by atoms with Gasteiger partial charge in [0.1, 0.15) is 5.82 Å². The van der Waals surface area contributed by atoms with E-state index >= 15 is 0 Å². The quantitative estimate of drug-likeness (QED) is 0.724. The van der Waals surface area contributed by atoms with E-state index in [0.29, 0.717) is 16.1 Å². The molecule has 0 unspecified atom stereocenters. The molecule has 16 heavy (non-hydrogen) atoms. The van der Waals surface area contributed by atoms with Crippen LogP contribution in [0.15, 0.2) is 12.1 Å². The second-order valence-corrected chi connectivity index (χ2v) is 4.34. The van der Waals surface area contributed by atoms with Crippen LogP contribution in [0.2, 0.25) is 5.02 Å². The van der Waals surface area contributed by atoms with Crippen LogP contribution in [-0.2, 0) is 6.42 Å². The van der Waals surface area contributed by atoms with E-state index in [1.165, 1.54) is 6.07 Å². The van der Waals surface area contributed by atoms with Gasteiger partial charge in [0.15, 0.2) is 0 Å². The van der Waals surface area contributed by atoms with E-state index < -0.39 is 0 Å². The number of aryl methyl sites for hydroxylation is 2. The summed E-state index contributed by atoms with van der Waals surface area (Å²) in [5.41, 5.74) is 3.15. The first kappa shape index (κ1) is 11.3. The molecular formula is C13H13ClFN. The van der Waals surface area contributed by atoms with Crippen LogP contribution < -0.4 is 0 Å². The summed E-state index contributed by atoms with van der Waals surface area (Å²) >= 11 is 6.31. The van der Waals surface area contributed by atoms with E-state index in [4.69, 9.17) is 11.6 Å². The van der Waals surface area contributed by atoms with E-state index in [2.05, 4.69) is 4.98 Å². The van der Waals surface area contributed by atoms with Gasteiger partial charge in [0.05, 0.1) is 10.5 Å². The Balaban J connectivity index is 2.88. The lowest BCUT2D eigenvalue weighted by Crippen LogP contribution is -1.96. The Morgan fingerprint density at radius 3 is 2.62 bits per heavy atom. The topological polar surface area (TPSA) is 12.9 Å². The van der Waals surface area contributed by atoms with Crippen LogP contribution in [0.25, 0.3) is 10.9 Å².